The van der Waals surface area contributed by atoms with Gasteiger partial charge in [-0.15, -0.1) is 0 Å². The van der Waals surface area contributed by atoms with Crippen LogP contribution in [0.1, 0.15) is 19.3 Å². The van der Waals surface area contributed by atoms with Gasteiger partial charge in [-0.2, -0.15) is 26.3 Å². The molecule has 0 aliphatic carbocycles. The molecular weight excluding hydrogens is 264 g/mol. The molecular formula is C5H12N2O7S2. The van der Waals surface area contributed by atoms with Crippen LogP contribution in [-0.4, -0.2) is 38.4 Å². The lowest BCUT2D eigenvalue weighted by Gasteiger charge is -2.29. The molecule has 0 saturated carbocycles. The first-order chi connectivity index (χ1) is 7.16. The van der Waals surface area contributed by atoms with Crippen LogP contribution in [0.25, 0.3) is 0 Å². The maximum Gasteiger partial charge on any atom is 0.335 e. The van der Waals surface area contributed by atoms with E-state index < -0.39 is 33.1 Å². The maximum atomic E-state index is 10.5. The highest BCUT2D eigenvalue weighted by Crippen LogP contribution is 2.16. The SMILES string of the molecule is O=S(=O)(O)NC1CCCC(NS(=O)(=O)O)O1. The quantitative estimate of drug-likeness (QED) is 0.464. The third-order valence-corrected chi connectivity index (χ3v) is 2.94. The van der Waals surface area contributed by atoms with Gasteiger partial charge >= 0.3 is 20.6 Å². The van der Waals surface area contributed by atoms with Crippen LogP contribution in [0.15, 0.2) is 0 Å². The summed E-state index contributed by atoms with van der Waals surface area (Å²) in [6.45, 7) is 0. The van der Waals surface area contributed by atoms with Gasteiger partial charge in [0.05, 0.1) is 0 Å². The fourth-order valence-electron chi connectivity index (χ4n) is 1.33. The molecule has 1 aliphatic rings. The Balaban J connectivity index is 2.54. The molecule has 4 N–H and O–H groups in total. The van der Waals surface area contributed by atoms with Crippen LogP contribution in [0.2, 0.25) is 0 Å². The lowest BCUT2D eigenvalue weighted by Crippen LogP contribution is -2.47. The van der Waals surface area contributed by atoms with Crippen molar-refractivity contribution < 1.29 is 30.7 Å². The van der Waals surface area contributed by atoms with Gasteiger partial charge < -0.3 is 4.74 Å². The van der Waals surface area contributed by atoms with Crippen molar-refractivity contribution in [3.63, 3.8) is 0 Å². The standard InChI is InChI=1S/C5H12N2O7S2/c8-15(9,10)6-4-2-1-3-5(14-4)7-16(11,12)13/h4-7H,1-3H2,(H,8,9,10)(H,11,12,13). The lowest BCUT2D eigenvalue weighted by molar-refractivity contribution is -0.0610. The van der Waals surface area contributed by atoms with E-state index in [1.54, 1.807) is 9.44 Å². The third kappa shape index (κ3) is 5.69. The number of hydrogen-bond donors (Lipinski definition) is 4. The van der Waals surface area contributed by atoms with Gasteiger partial charge in [0.25, 0.3) is 0 Å². The van der Waals surface area contributed by atoms with Gasteiger partial charge in [0.2, 0.25) is 0 Å². The second-order valence-corrected chi connectivity index (χ2v) is 5.60. The molecule has 0 amide bonds. The molecule has 0 aromatic carbocycles. The summed E-state index contributed by atoms with van der Waals surface area (Å²) in [5.41, 5.74) is 0. The first-order valence-electron chi connectivity index (χ1n) is 4.31. The highest BCUT2D eigenvalue weighted by atomic mass is 32.2. The maximum absolute atomic E-state index is 10.5. The highest BCUT2D eigenvalue weighted by Gasteiger charge is 2.27. The van der Waals surface area contributed by atoms with E-state index in [4.69, 9.17) is 13.8 Å². The second-order valence-electron chi connectivity index (χ2n) is 3.23. The van der Waals surface area contributed by atoms with Crippen LogP contribution in [0.5, 0.6) is 0 Å². The van der Waals surface area contributed by atoms with Crippen LogP contribution >= 0.6 is 0 Å². The fraction of sp³-hybridized carbons (Fsp3) is 1.00. The molecule has 9 nitrogen and oxygen atoms in total. The minimum Gasteiger partial charge on any atom is -0.343 e. The van der Waals surface area contributed by atoms with E-state index >= 15 is 0 Å². The Hall–Kier alpha value is -0.300. The van der Waals surface area contributed by atoms with Crippen LogP contribution in [0, 0.1) is 0 Å². The summed E-state index contributed by atoms with van der Waals surface area (Å²) in [4.78, 5) is 0. The van der Waals surface area contributed by atoms with Crippen molar-refractivity contribution in [1.82, 2.24) is 9.44 Å². The fourth-order valence-corrected chi connectivity index (χ4v) is 2.34. The largest absolute Gasteiger partial charge is 0.343 e. The first kappa shape index (κ1) is 13.8. The molecule has 96 valence electrons. The van der Waals surface area contributed by atoms with Gasteiger partial charge in [-0.3, -0.25) is 9.11 Å². The minimum atomic E-state index is -4.41. The normalized spacial score (nSPS) is 27.9. The second kappa shape index (κ2) is 4.91. The molecule has 0 aromatic heterocycles. The molecule has 1 aliphatic heterocycles. The van der Waals surface area contributed by atoms with Gasteiger partial charge in [-0.05, 0) is 19.3 Å². The van der Waals surface area contributed by atoms with E-state index in [0.717, 1.165) is 0 Å². The number of ether oxygens (including phenoxy) is 1. The summed E-state index contributed by atoms with van der Waals surface area (Å²) < 4.78 is 67.3. The van der Waals surface area contributed by atoms with Gasteiger partial charge in [-0.25, -0.2) is 0 Å². The summed E-state index contributed by atoms with van der Waals surface area (Å²) in [6, 6.07) is 0. The van der Waals surface area contributed by atoms with Crippen LogP contribution in [0.4, 0.5) is 0 Å². The molecule has 0 bridgehead atoms. The molecule has 1 heterocycles. The van der Waals surface area contributed by atoms with Gasteiger partial charge in [0.1, 0.15) is 12.5 Å². The average Bonchev–Trinajstić information content (AvgIpc) is 1.96. The Morgan fingerprint density at radius 2 is 1.31 bits per heavy atom. The van der Waals surface area contributed by atoms with E-state index in [9.17, 15) is 16.8 Å². The van der Waals surface area contributed by atoms with Crippen LogP contribution in [0.3, 0.4) is 0 Å². The van der Waals surface area contributed by atoms with Crippen molar-refractivity contribution >= 4 is 20.6 Å². The Kier molecular flexibility index (Phi) is 4.23. The molecule has 1 saturated heterocycles. The van der Waals surface area contributed by atoms with Crippen molar-refractivity contribution in [1.29, 1.82) is 0 Å². The molecule has 16 heavy (non-hydrogen) atoms. The number of hydrogen-bond acceptors (Lipinski definition) is 5. The van der Waals surface area contributed by atoms with E-state index in [2.05, 4.69) is 0 Å². The van der Waals surface area contributed by atoms with E-state index in [-0.39, 0.29) is 0 Å². The monoisotopic (exact) mass is 276 g/mol. The van der Waals surface area contributed by atoms with Crippen molar-refractivity contribution in [2.24, 2.45) is 0 Å². The van der Waals surface area contributed by atoms with Gasteiger partial charge in [0, 0.05) is 0 Å². The zero-order chi connectivity index (χ0) is 12.4. The Labute approximate surface area is 92.9 Å². The number of nitrogens with one attached hydrogen (secondary N) is 2. The van der Waals surface area contributed by atoms with Crippen LogP contribution < -0.4 is 9.44 Å². The van der Waals surface area contributed by atoms with Gasteiger partial charge in [0.15, 0.2) is 0 Å². The topological polar surface area (TPSA) is 142 Å². The Morgan fingerprint density at radius 1 is 0.938 bits per heavy atom. The Morgan fingerprint density at radius 3 is 1.62 bits per heavy atom. The molecule has 0 aromatic rings. The molecule has 2 unspecified atom stereocenters. The minimum absolute atomic E-state index is 0.295. The third-order valence-electron chi connectivity index (χ3n) is 1.82. The molecule has 1 fully saturated rings. The lowest BCUT2D eigenvalue weighted by atomic mass is 10.1. The summed E-state index contributed by atoms with van der Waals surface area (Å²) in [5.74, 6) is 0. The number of rotatable bonds is 4. The summed E-state index contributed by atoms with van der Waals surface area (Å²) in [6.07, 6.45) is -0.987. The smallest absolute Gasteiger partial charge is 0.335 e. The van der Waals surface area contributed by atoms with Gasteiger partial charge in [-0.1, -0.05) is 0 Å². The zero-order valence-electron chi connectivity index (χ0n) is 8.03. The summed E-state index contributed by atoms with van der Waals surface area (Å²) in [5, 5.41) is 0. The predicted molar refractivity (Wildman–Crippen MR) is 51.9 cm³/mol. The average molecular weight is 276 g/mol. The van der Waals surface area contributed by atoms with E-state index in [1.165, 1.54) is 0 Å². The Bertz CT molecular complexity index is 390. The van der Waals surface area contributed by atoms with Crippen molar-refractivity contribution in [2.75, 3.05) is 0 Å². The summed E-state index contributed by atoms with van der Waals surface area (Å²) in [7, 11) is -8.81. The first-order valence-corrected chi connectivity index (χ1v) is 7.19. The van der Waals surface area contributed by atoms with Crippen LogP contribution in [-0.2, 0) is 25.3 Å². The van der Waals surface area contributed by atoms with Crippen molar-refractivity contribution in [3.8, 4) is 0 Å². The van der Waals surface area contributed by atoms with Crippen molar-refractivity contribution in [3.05, 3.63) is 0 Å². The molecule has 11 heteroatoms. The summed E-state index contributed by atoms with van der Waals surface area (Å²) >= 11 is 0. The molecule has 0 spiro atoms. The van der Waals surface area contributed by atoms with Crippen molar-refractivity contribution in [2.45, 2.75) is 31.7 Å². The highest BCUT2D eigenvalue weighted by molar-refractivity contribution is 7.84. The van der Waals surface area contributed by atoms with E-state index in [1.807, 2.05) is 0 Å². The molecule has 0 radical (unpaired) electrons. The molecule has 1 rings (SSSR count). The molecule has 2 atom stereocenters. The predicted octanol–water partition coefficient (Wildman–Crippen LogP) is -1.38. The zero-order valence-corrected chi connectivity index (χ0v) is 9.66. The van der Waals surface area contributed by atoms with E-state index in [0.29, 0.717) is 19.3 Å².